The van der Waals surface area contributed by atoms with Crippen molar-refractivity contribution in [2.24, 2.45) is 22.7 Å². The monoisotopic (exact) mass is 690 g/mol. The average molecular weight is 691 g/mol. The molecule has 6 unspecified atom stereocenters. The molecule has 2 aromatic rings. The number of nitrogens with one attached hydrogen (secondary N) is 3. The lowest BCUT2D eigenvalue weighted by Crippen LogP contribution is -2.55. The predicted octanol–water partition coefficient (Wildman–Crippen LogP) is 4.43. The molecule has 4 heterocycles. The van der Waals surface area contributed by atoms with Crippen LogP contribution in [-0.4, -0.2) is 96.7 Å². The van der Waals surface area contributed by atoms with Crippen molar-refractivity contribution >= 4 is 51.9 Å². The van der Waals surface area contributed by atoms with E-state index >= 15 is 0 Å². The number of piperidine rings is 1. The molecule has 49 heavy (non-hydrogen) atoms. The largest absolute Gasteiger partial charge is 0.415 e. The summed E-state index contributed by atoms with van der Waals surface area (Å²) in [5.41, 5.74) is 4.05. The highest BCUT2D eigenvalue weighted by Gasteiger charge is 2.74. The van der Waals surface area contributed by atoms with Crippen LogP contribution >= 0.6 is 11.6 Å². The molecule has 262 valence electrons. The highest BCUT2D eigenvalue weighted by atomic mass is 35.5. The summed E-state index contributed by atoms with van der Waals surface area (Å²) in [6, 6.07) is 1.62. The number of alkyl halides is 1. The van der Waals surface area contributed by atoms with E-state index in [0.29, 0.717) is 62.1 Å². The van der Waals surface area contributed by atoms with Gasteiger partial charge in [0.05, 0.1) is 22.7 Å². The zero-order valence-electron chi connectivity index (χ0n) is 28.9. The maximum absolute atomic E-state index is 14.7. The standard InChI is InChI=1S/C37H47ClN6O5/c1-20-16-41-33-26(49-35(48)42(4)11-10-39-3)12-24-30(29(20)33)22(15-38)18-43(24)34(47)36(7-5-8-36)9-6-28(46)44-19-23-14-37(23)27(44)13-25(45)32-31(37)21(2)17-40-32/h12,16-17,22-23,27,31-32,39-41H,5-11,13-15,18-19H2,1-4H3. The zero-order valence-corrected chi connectivity index (χ0v) is 29.6. The highest BCUT2D eigenvalue weighted by molar-refractivity contribution is 6.19. The number of likely N-dealkylation sites (tertiary alicyclic amines) is 1. The first-order chi connectivity index (χ1) is 23.5. The van der Waals surface area contributed by atoms with E-state index in [-0.39, 0.29) is 53.4 Å². The second-order valence-electron chi connectivity index (χ2n) is 15.6. The molecule has 0 bridgehead atoms. The number of fused-ring (bicyclic) bond motifs is 4. The molecule has 3 N–H and O–H groups in total. The van der Waals surface area contributed by atoms with Crippen molar-refractivity contribution in [2.75, 3.05) is 51.1 Å². The van der Waals surface area contributed by atoms with Crippen LogP contribution in [0.1, 0.15) is 68.9 Å². The number of aromatic amines is 1. The maximum Gasteiger partial charge on any atom is 0.415 e. The second-order valence-corrected chi connectivity index (χ2v) is 15.9. The Morgan fingerprint density at radius 3 is 2.71 bits per heavy atom. The number of nitrogens with zero attached hydrogens (tertiary/aromatic N) is 3. The number of carbonyl (C=O) groups is 4. The molecular formula is C37H47ClN6O5. The first-order valence-corrected chi connectivity index (χ1v) is 18.4. The minimum atomic E-state index is -0.636. The Labute approximate surface area is 292 Å². The van der Waals surface area contributed by atoms with Crippen LogP contribution in [0.15, 0.2) is 24.0 Å². The Morgan fingerprint density at radius 2 is 2.00 bits per heavy atom. The maximum atomic E-state index is 14.7. The molecule has 1 saturated heterocycles. The summed E-state index contributed by atoms with van der Waals surface area (Å²) >= 11 is 6.57. The number of benzene rings is 1. The fourth-order valence-corrected chi connectivity index (χ4v) is 10.5. The van der Waals surface area contributed by atoms with E-state index in [0.717, 1.165) is 47.9 Å². The van der Waals surface area contributed by atoms with E-state index in [1.54, 1.807) is 7.05 Å². The number of Topliss-reactive ketones (excluding diaryl/α,β-unsaturated/α-hetero) is 1. The molecule has 1 aromatic heterocycles. The zero-order chi connectivity index (χ0) is 34.4. The third kappa shape index (κ3) is 4.77. The van der Waals surface area contributed by atoms with Gasteiger partial charge in [-0.15, -0.1) is 11.6 Å². The van der Waals surface area contributed by atoms with Crippen LogP contribution in [0.5, 0.6) is 5.75 Å². The number of likely N-dealkylation sites (N-methyl/N-ethyl adjacent to an activating group) is 2. The lowest BCUT2D eigenvalue weighted by atomic mass is 9.65. The SMILES string of the molecule is CNCCN(C)C(=O)Oc1cc2c(c3c(C)c[nH]c13)C(CCl)CN2C(=O)C1(CCC(=O)N2CC3CC34C3C(C)=CNC3C(=O)CC24)CCC1. The van der Waals surface area contributed by atoms with E-state index in [2.05, 4.69) is 22.5 Å². The molecule has 0 radical (unpaired) electrons. The molecule has 4 fully saturated rings. The number of amides is 3. The van der Waals surface area contributed by atoms with Gasteiger partial charge in [0.1, 0.15) is 0 Å². The van der Waals surface area contributed by atoms with Crippen LogP contribution in [0.4, 0.5) is 10.5 Å². The fourth-order valence-electron chi connectivity index (χ4n) is 10.2. The topological polar surface area (TPSA) is 127 Å². The second kappa shape index (κ2) is 11.8. The molecule has 1 aromatic carbocycles. The first kappa shape index (κ1) is 32.6. The molecule has 12 heteroatoms. The first-order valence-electron chi connectivity index (χ1n) is 17.9. The number of hydrogen-bond acceptors (Lipinski definition) is 7. The van der Waals surface area contributed by atoms with Crippen LogP contribution in [0.25, 0.3) is 10.9 Å². The van der Waals surface area contributed by atoms with Crippen molar-refractivity contribution < 1.29 is 23.9 Å². The van der Waals surface area contributed by atoms with Crippen LogP contribution in [0.2, 0.25) is 0 Å². The third-order valence-corrected chi connectivity index (χ3v) is 13.4. The van der Waals surface area contributed by atoms with Crippen molar-refractivity contribution in [3.05, 3.63) is 35.2 Å². The van der Waals surface area contributed by atoms with Crippen molar-refractivity contribution in [3.8, 4) is 5.75 Å². The molecule has 3 amide bonds. The quantitative estimate of drug-likeness (QED) is 0.333. The number of aromatic nitrogens is 1. The Kier molecular flexibility index (Phi) is 7.83. The number of ketones is 1. The van der Waals surface area contributed by atoms with Crippen LogP contribution in [0, 0.1) is 29.6 Å². The summed E-state index contributed by atoms with van der Waals surface area (Å²) in [6.07, 6.45) is 8.08. The molecule has 3 aliphatic heterocycles. The molecule has 8 rings (SSSR count). The Balaban J connectivity index is 1.03. The number of H-pyrrole nitrogens is 1. The number of aryl methyl sites for hydroxylation is 1. The lowest BCUT2D eigenvalue weighted by molar-refractivity contribution is -0.139. The van der Waals surface area contributed by atoms with Gasteiger partial charge in [-0.3, -0.25) is 14.4 Å². The molecule has 6 atom stereocenters. The minimum Gasteiger partial charge on any atom is -0.408 e. The molecule has 6 aliphatic rings. The van der Waals surface area contributed by atoms with Gasteiger partial charge in [-0.25, -0.2) is 4.79 Å². The van der Waals surface area contributed by atoms with Gasteiger partial charge in [0.15, 0.2) is 11.5 Å². The number of anilines is 1. The molecule has 3 saturated carbocycles. The van der Waals surface area contributed by atoms with Gasteiger partial charge in [-0.2, -0.15) is 0 Å². The lowest BCUT2D eigenvalue weighted by Gasteiger charge is -2.44. The Bertz CT molecular complexity index is 1780. The summed E-state index contributed by atoms with van der Waals surface area (Å²) in [4.78, 5) is 63.6. The molecule has 3 aliphatic carbocycles. The number of ether oxygens (including phenoxy) is 1. The van der Waals surface area contributed by atoms with E-state index in [4.69, 9.17) is 16.3 Å². The van der Waals surface area contributed by atoms with E-state index in [9.17, 15) is 19.2 Å². The van der Waals surface area contributed by atoms with Crippen molar-refractivity contribution in [3.63, 3.8) is 0 Å². The van der Waals surface area contributed by atoms with Crippen molar-refractivity contribution in [1.82, 2.24) is 25.4 Å². The van der Waals surface area contributed by atoms with Crippen LogP contribution in [-0.2, 0) is 14.4 Å². The number of halogens is 1. The predicted molar refractivity (Wildman–Crippen MR) is 187 cm³/mol. The van der Waals surface area contributed by atoms with Crippen LogP contribution < -0.4 is 20.3 Å². The fraction of sp³-hybridized carbons (Fsp3) is 0.622. The summed E-state index contributed by atoms with van der Waals surface area (Å²) in [7, 11) is 3.53. The normalized spacial score (nSPS) is 30.2. The van der Waals surface area contributed by atoms with Gasteiger partial charge in [0.2, 0.25) is 11.8 Å². The van der Waals surface area contributed by atoms with Gasteiger partial charge in [0, 0.05) is 92.9 Å². The number of hydrogen-bond donors (Lipinski definition) is 3. The Hall–Kier alpha value is -3.57. The van der Waals surface area contributed by atoms with Crippen molar-refractivity contribution in [2.45, 2.75) is 76.8 Å². The summed E-state index contributed by atoms with van der Waals surface area (Å²) in [6.45, 7) is 6.38. The molecule has 11 nitrogen and oxygen atoms in total. The minimum absolute atomic E-state index is 0.0165. The van der Waals surface area contributed by atoms with Gasteiger partial charge >= 0.3 is 6.09 Å². The number of carbonyl (C=O) groups excluding carboxylic acids is 4. The van der Waals surface area contributed by atoms with E-state index in [1.165, 1.54) is 10.5 Å². The summed E-state index contributed by atoms with van der Waals surface area (Å²) in [5, 5.41) is 7.30. The highest BCUT2D eigenvalue weighted by Crippen LogP contribution is 2.71. The molecule has 1 spiro atoms. The molecular weight excluding hydrogens is 644 g/mol. The van der Waals surface area contributed by atoms with Crippen molar-refractivity contribution in [1.29, 1.82) is 0 Å². The Morgan fingerprint density at radius 1 is 1.20 bits per heavy atom. The van der Waals surface area contributed by atoms with E-state index in [1.807, 2.05) is 42.2 Å². The summed E-state index contributed by atoms with van der Waals surface area (Å²) in [5.74, 6) is 1.55. The average Bonchev–Trinajstić information content (AvgIpc) is 3.43. The van der Waals surface area contributed by atoms with Gasteiger partial charge in [0.25, 0.3) is 0 Å². The smallest absolute Gasteiger partial charge is 0.408 e. The van der Waals surface area contributed by atoms with Gasteiger partial charge < -0.3 is 35.1 Å². The third-order valence-electron chi connectivity index (χ3n) is 13.0. The van der Waals surface area contributed by atoms with Gasteiger partial charge in [-0.05, 0) is 69.8 Å². The van der Waals surface area contributed by atoms with Crippen LogP contribution in [0.3, 0.4) is 0 Å². The van der Waals surface area contributed by atoms with Gasteiger partial charge in [-0.1, -0.05) is 12.0 Å². The summed E-state index contributed by atoms with van der Waals surface area (Å²) < 4.78 is 5.95. The van der Waals surface area contributed by atoms with E-state index < -0.39 is 11.5 Å². The number of rotatable bonds is 9.